The van der Waals surface area contributed by atoms with Crippen LogP contribution in [-0.2, 0) is 4.79 Å². The fourth-order valence-electron chi connectivity index (χ4n) is 3.19. The van der Waals surface area contributed by atoms with E-state index in [4.69, 9.17) is 4.74 Å². The van der Waals surface area contributed by atoms with Gasteiger partial charge in [0.15, 0.2) is 0 Å². The number of rotatable bonds is 4. The van der Waals surface area contributed by atoms with E-state index in [9.17, 15) is 19.7 Å². The maximum Gasteiger partial charge on any atom is 0.273 e. The SMILES string of the molecule is CCN1C(=O)C(C)(C)COc2ccc(NC(=O)c3ccc(C)c([N+](=O)[O-])c3)cc21. The number of aryl methyl sites for hydroxylation is 1. The van der Waals surface area contributed by atoms with Crippen molar-refractivity contribution in [3.8, 4) is 5.75 Å². The van der Waals surface area contributed by atoms with E-state index in [2.05, 4.69) is 5.32 Å². The first kappa shape index (κ1) is 20.3. The van der Waals surface area contributed by atoms with Crippen LogP contribution in [0.25, 0.3) is 0 Å². The highest BCUT2D eigenvalue weighted by atomic mass is 16.6. The van der Waals surface area contributed by atoms with Gasteiger partial charge in [-0.15, -0.1) is 0 Å². The van der Waals surface area contributed by atoms with Crippen LogP contribution in [0.2, 0.25) is 0 Å². The van der Waals surface area contributed by atoms with Crippen LogP contribution in [0.5, 0.6) is 5.75 Å². The van der Waals surface area contributed by atoms with Gasteiger partial charge in [0.05, 0.1) is 16.0 Å². The number of hydrogen-bond acceptors (Lipinski definition) is 5. The van der Waals surface area contributed by atoms with Crippen LogP contribution in [0.1, 0.15) is 36.7 Å². The zero-order valence-electron chi connectivity index (χ0n) is 16.8. The Morgan fingerprint density at radius 1 is 1.28 bits per heavy atom. The Morgan fingerprint density at radius 3 is 2.66 bits per heavy atom. The van der Waals surface area contributed by atoms with Gasteiger partial charge in [-0.05, 0) is 52.0 Å². The molecule has 0 radical (unpaired) electrons. The molecule has 1 N–H and O–H groups in total. The van der Waals surface area contributed by atoms with Crippen LogP contribution in [0, 0.1) is 22.5 Å². The average molecular weight is 397 g/mol. The highest BCUT2D eigenvalue weighted by Crippen LogP contribution is 2.38. The molecule has 0 fully saturated rings. The van der Waals surface area contributed by atoms with Crippen molar-refractivity contribution >= 4 is 28.9 Å². The molecule has 0 unspecified atom stereocenters. The lowest BCUT2D eigenvalue weighted by molar-refractivity contribution is -0.385. The van der Waals surface area contributed by atoms with Crippen molar-refractivity contribution in [3.63, 3.8) is 0 Å². The maximum absolute atomic E-state index is 12.8. The van der Waals surface area contributed by atoms with Gasteiger partial charge in [0, 0.05) is 29.4 Å². The van der Waals surface area contributed by atoms with Crippen LogP contribution in [0.3, 0.4) is 0 Å². The second-order valence-electron chi connectivity index (χ2n) is 7.62. The predicted molar refractivity (Wildman–Crippen MR) is 110 cm³/mol. The number of nitro benzene ring substituents is 1. The Kier molecular flexibility index (Phi) is 5.28. The summed E-state index contributed by atoms with van der Waals surface area (Å²) in [6.45, 7) is 7.87. The van der Waals surface area contributed by atoms with Gasteiger partial charge in [-0.2, -0.15) is 0 Å². The Labute approximate surface area is 168 Å². The Balaban J connectivity index is 1.91. The van der Waals surface area contributed by atoms with Crippen molar-refractivity contribution in [2.75, 3.05) is 23.4 Å². The van der Waals surface area contributed by atoms with Crippen molar-refractivity contribution < 1.29 is 19.2 Å². The summed E-state index contributed by atoms with van der Waals surface area (Å²) in [6, 6.07) is 9.39. The van der Waals surface area contributed by atoms with Crippen LogP contribution in [0.15, 0.2) is 36.4 Å². The second kappa shape index (κ2) is 7.54. The Morgan fingerprint density at radius 2 is 2.00 bits per heavy atom. The number of carbonyl (C=O) groups excluding carboxylic acids is 2. The fourth-order valence-corrected chi connectivity index (χ4v) is 3.19. The number of nitro groups is 1. The summed E-state index contributed by atoms with van der Waals surface area (Å²) < 4.78 is 5.82. The van der Waals surface area contributed by atoms with Crippen molar-refractivity contribution in [1.82, 2.24) is 0 Å². The second-order valence-corrected chi connectivity index (χ2v) is 7.62. The third-order valence-corrected chi connectivity index (χ3v) is 4.90. The first-order valence-corrected chi connectivity index (χ1v) is 9.29. The minimum absolute atomic E-state index is 0.0589. The van der Waals surface area contributed by atoms with Crippen molar-refractivity contribution in [2.45, 2.75) is 27.7 Å². The molecular formula is C21H23N3O5. The smallest absolute Gasteiger partial charge is 0.273 e. The number of nitrogens with zero attached hydrogens (tertiary/aromatic N) is 2. The van der Waals surface area contributed by atoms with Gasteiger partial charge in [0.25, 0.3) is 11.6 Å². The lowest BCUT2D eigenvalue weighted by atomic mass is 9.93. The van der Waals surface area contributed by atoms with Gasteiger partial charge in [-0.1, -0.05) is 6.07 Å². The number of benzene rings is 2. The minimum Gasteiger partial charge on any atom is -0.490 e. The van der Waals surface area contributed by atoms with Crippen molar-refractivity contribution in [1.29, 1.82) is 0 Å². The van der Waals surface area contributed by atoms with Gasteiger partial charge in [0.1, 0.15) is 12.4 Å². The number of anilines is 2. The van der Waals surface area contributed by atoms with E-state index in [1.54, 1.807) is 30.0 Å². The third-order valence-electron chi connectivity index (χ3n) is 4.90. The quantitative estimate of drug-likeness (QED) is 0.622. The highest BCUT2D eigenvalue weighted by Gasteiger charge is 2.37. The van der Waals surface area contributed by atoms with Crippen LogP contribution >= 0.6 is 0 Å². The molecule has 1 aliphatic heterocycles. The van der Waals surface area contributed by atoms with Gasteiger partial charge < -0.3 is 15.0 Å². The summed E-state index contributed by atoms with van der Waals surface area (Å²) in [6.07, 6.45) is 0. The Bertz CT molecular complexity index is 1000. The van der Waals surface area contributed by atoms with E-state index in [1.165, 1.54) is 18.2 Å². The molecule has 0 atom stereocenters. The number of hydrogen-bond donors (Lipinski definition) is 1. The van der Waals surface area contributed by atoms with Crippen LogP contribution in [-0.4, -0.2) is 29.9 Å². The van der Waals surface area contributed by atoms with Crippen molar-refractivity contribution in [2.24, 2.45) is 5.41 Å². The fraction of sp³-hybridized carbons (Fsp3) is 0.333. The summed E-state index contributed by atoms with van der Waals surface area (Å²) in [5.74, 6) is 0.0310. The van der Waals surface area contributed by atoms with E-state index < -0.39 is 16.2 Å². The topological polar surface area (TPSA) is 102 Å². The molecular weight excluding hydrogens is 374 g/mol. The molecule has 0 saturated heterocycles. The van der Waals surface area contributed by atoms with E-state index in [1.807, 2.05) is 20.8 Å². The first-order chi connectivity index (χ1) is 13.6. The standard InChI is InChI=1S/C21H23N3O5/c1-5-23-17-11-15(8-9-18(17)29-12-21(3,4)20(23)26)22-19(25)14-7-6-13(2)16(10-14)24(27)28/h6-11H,5,12H2,1-4H3,(H,22,25). The summed E-state index contributed by atoms with van der Waals surface area (Å²) in [4.78, 5) is 37.7. The molecule has 0 spiro atoms. The monoisotopic (exact) mass is 397 g/mol. The van der Waals surface area contributed by atoms with Gasteiger partial charge in [-0.25, -0.2) is 0 Å². The molecule has 1 heterocycles. The molecule has 0 bridgehead atoms. The van der Waals surface area contributed by atoms with Crippen LogP contribution in [0.4, 0.5) is 17.1 Å². The van der Waals surface area contributed by atoms with Gasteiger partial charge in [-0.3, -0.25) is 19.7 Å². The van der Waals surface area contributed by atoms with E-state index >= 15 is 0 Å². The predicted octanol–water partition coefficient (Wildman–Crippen LogP) is 3.93. The summed E-state index contributed by atoms with van der Waals surface area (Å²) in [7, 11) is 0. The lowest BCUT2D eigenvalue weighted by Gasteiger charge is -2.27. The first-order valence-electron chi connectivity index (χ1n) is 9.29. The zero-order valence-corrected chi connectivity index (χ0v) is 16.8. The molecule has 0 aromatic heterocycles. The molecule has 1 aliphatic rings. The highest BCUT2D eigenvalue weighted by molar-refractivity contribution is 6.06. The molecule has 29 heavy (non-hydrogen) atoms. The third kappa shape index (κ3) is 3.91. The van der Waals surface area contributed by atoms with Gasteiger partial charge >= 0.3 is 0 Å². The summed E-state index contributed by atoms with van der Waals surface area (Å²) >= 11 is 0. The molecule has 2 aromatic carbocycles. The normalized spacial score (nSPS) is 15.2. The molecule has 152 valence electrons. The van der Waals surface area contributed by atoms with Crippen LogP contribution < -0.4 is 15.0 Å². The van der Waals surface area contributed by atoms with E-state index in [-0.39, 0.29) is 23.8 Å². The summed E-state index contributed by atoms with van der Waals surface area (Å²) in [5, 5.41) is 13.9. The number of amides is 2. The van der Waals surface area contributed by atoms with E-state index in [0.717, 1.165) is 0 Å². The number of ether oxygens (including phenoxy) is 1. The molecule has 0 saturated carbocycles. The number of fused-ring (bicyclic) bond motifs is 1. The van der Waals surface area contributed by atoms with E-state index in [0.29, 0.717) is 29.2 Å². The minimum atomic E-state index is -0.667. The number of nitrogens with one attached hydrogen (secondary N) is 1. The molecule has 8 nitrogen and oxygen atoms in total. The maximum atomic E-state index is 12.8. The molecule has 3 rings (SSSR count). The largest absolute Gasteiger partial charge is 0.490 e. The molecule has 2 aromatic rings. The zero-order chi connectivity index (χ0) is 21.3. The molecule has 0 aliphatic carbocycles. The Hall–Kier alpha value is -3.42. The average Bonchev–Trinajstić information content (AvgIpc) is 2.76. The molecule has 8 heteroatoms. The van der Waals surface area contributed by atoms with Gasteiger partial charge in [0.2, 0.25) is 5.91 Å². The van der Waals surface area contributed by atoms with Crippen molar-refractivity contribution in [3.05, 3.63) is 57.6 Å². The number of carbonyl (C=O) groups is 2. The summed E-state index contributed by atoms with van der Waals surface area (Å²) in [5.41, 5.74) is 0.922. The molecule has 2 amide bonds. The lowest BCUT2D eigenvalue weighted by Crippen LogP contribution is -2.42.